The predicted octanol–water partition coefficient (Wildman–Crippen LogP) is 2.74. The molecule has 0 bridgehead atoms. The molecule has 2 fully saturated rings. The second-order valence-electron chi connectivity index (χ2n) is 5.56. The van der Waals surface area contributed by atoms with Gasteiger partial charge in [-0.2, -0.15) is 11.8 Å². The maximum absolute atomic E-state index is 3.77. The van der Waals surface area contributed by atoms with Gasteiger partial charge in [-0.15, -0.1) is 0 Å². The van der Waals surface area contributed by atoms with Gasteiger partial charge in [0, 0.05) is 37.0 Å². The molecule has 3 heteroatoms. The van der Waals surface area contributed by atoms with Crippen LogP contribution in [-0.4, -0.2) is 47.6 Å². The van der Waals surface area contributed by atoms with Crippen molar-refractivity contribution >= 4 is 11.8 Å². The largest absolute Gasteiger partial charge is 0.311 e. The van der Waals surface area contributed by atoms with Crippen LogP contribution in [0.2, 0.25) is 0 Å². The molecule has 0 aromatic rings. The smallest absolute Gasteiger partial charge is 0.0335 e. The molecule has 17 heavy (non-hydrogen) atoms. The van der Waals surface area contributed by atoms with Crippen LogP contribution in [0.4, 0.5) is 0 Å². The van der Waals surface area contributed by atoms with Crippen molar-refractivity contribution in [1.29, 1.82) is 0 Å². The molecule has 1 saturated heterocycles. The second-order valence-corrected chi connectivity index (χ2v) is 6.95. The van der Waals surface area contributed by atoms with Crippen LogP contribution in [-0.2, 0) is 0 Å². The molecule has 1 atom stereocenters. The van der Waals surface area contributed by atoms with Crippen molar-refractivity contribution in [3.05, 3.63) is 0 Å². The van der Waals surface area contributed by atoms with Crippen LogP contribution >= 0.6 is 11.8 Å². The lowest BCUT2D eigenvalue weighted by atomic mass is 9.90. The Kier molecular flexibility index (Phi) is 5.19. The summed E-state index contributed by atoms with van der Waals surface area (Å²) in [5, 5.41) is 3.77. The SMILES string of the molecule is CCSCCN1CC(CC)NCC12CCCC2. The number of rotatable bonds is 5. The van der Waals surface area contributed by atoms with Crippen molar-refractivity contribution in [3.63, 3.8) is 0 Å². The van der Waals surface area contributed by atoms with Crippen molar-refractivity contribution in [2.75, 3.05) is 31.1 Å². The molecule has 1 unspecified atom stereocenters. The summed E-state index contributed by atoms with van der Waals surface area (Å²) in [4.78, 5) is 2.83. The summed E-state index contributed by atoms with van der Waals surface area (Å²) in [5.41, 5.74) is 0.528. The van der Waals surface area contributed by atoms with Crippen molar-refractivity contribution < 1.29 is 0 Å². The molecule has 100 valence electrons. The Hall–Kier alpha value is 0.270. The van der Waals surface area contributed by atoms with Crippen molar-refractivity contribution in [2.45, 2.75) is 57.5 Å². The quantitative estimate of drug-likeness (QED) is 0.762. The van der Waals surface area contributed by atoms with Crippen LogP contribution in [0.1, 0.15) is 46.0 Å². The van der Waals surface area contributed by atoms with Gasteiger partial charge in [-0.25, -0.2) is 0 Å². The van der Waals surface area contributed by atoms with Gasteiger partial charge in [-0.1, -0.05) is 26.7 Å². The minimum atomic E-state index is 0.528. The average molecular weight is 256 g/mol. The van der Waals surface area contributed by atoms with E-state index in [1.165, 1.54) is 63.2 Å². The highest BCUT2D eigenvalue weighted by Crippen LogP contribution is 2.37. The molecule has 1 saturated carbocycles. The summed E-state index contributed by atoms with van der Waals surface area (Å²) in [5.74, 6) is 2.57. The number of thioether (sulfide) groups is 1. The van der Waals surface area contributed by atoms with E-state index >= 15 is 0 Å². The number of hydrogen-bond donors (Lipinski definition) is 1. The first kappa shape index (κ1) is 13.7. The zero-order chi connectivity index (χ0) is 12.1. The standard InChI is InChI=1S/C14H28N2S/c1-3-13-11-16(9-10-17-4-2)14(12-15-13)7-5-6-8-14/h13,15H,3-12H2,1-2H3. The zero-order valence-electron chi connectivity index (χ0n) is 11.5. The van der Waals surface area contributed by atoms with Crippen molar-refractivity contribution in [3.8, 4) is 0 Å². The van der Waals surface area contributed by atoms with Crippen LogP contribution in [0.3, 0.4) is 0 Å². The Morgan fingerprint density at radius 2 is 2.06 bits per heavy atom. The lowest BCUT2D eigenvalue weighted by Crippen LogP contribution is -2.63. The highest BCUT2D eigenvalue weighted by Gasteiger charge is 2.42. The first-order valence-electron chi connectivity index (χ1n) is 7.37. The predicted molar refractivity (Wildman–Crippen MR) is 77.9 cm³/mol. The molecule has 0 aromatic carbocycles. The number of nitrogens with one attached hydrogen (secondary N) is 1. The molecular formula is C14H28N2S. The van der Waals surface area contributed by atoms with Crippen LogP contribution in [0.15, 0.2) is 0 Å². The van der Waals surface area contributed by atoms with E-state index in [9.17, 15) is 0 Å². The van der Waals surface area contributed by atoms with Gasteiger partial charge in [-0.3, -0.25) is 4.90 Å². The maximum Gasteiger partial charge on any atom is 0.0335 e. The summed E-state index contributed by atoms with van der Waals surface area (Å²) in [6, 6.07) is 0.729. The molecule has 0 aromatic heterocycles. The monoisotopic (exact) mass is 256 g/mol. The number of hydrogen-bond acceptors (Lipinski definition) is 3. The summed E-state index contributed by atoms with van der Waals surface area (Å²) < 4.78 is 0. The van der Waals surface area contributed by atoms with Crippen molar-refractivity contribution in [1.82, 2.24) is 10.2 Å². The fraction of sp³-hybridized carbons (Fsp3) is 1.00. The van der Waals surface area contributed by atoms with Crippen LogP contribution in [0.5, 0.6) is 0 Å². The van der Waals surface area contributed by atoms with Crippen LogP contribution < -0.4 is 5.32 Å². The van der Waals surface area contributed by atoms with Crippen LogP contribution in [0, 0.1) is 0 Å². The van der Waals surface area contributed by atoms with E-state index in [1.54, 1.807) is 0 Å². The molecular weight excluding hydrogens is 228 g/mol. The van der Waals surface area contributed by atoms with E-state index in [2.05, 4.69) is 35.8 Å². The lowest BCUT2D eigenvalue weighted by Gasteiger charge is -2.48. The average Bonchev–Trinajstić information content (AvgIpc) is 2.81. The number of piperazine rings is 1. The Morgan fingerprint density at radius 1 is 1.29 bits per heavy atom. The van der Waals surface area contributed by atoms with Crippen LogP contribution in [0.25, 0.3) is 0 Å². The summed E-state index contributed by atoms with van der Waals surface area (Å²) >= 11 is 2.09. The van der Waals surface area contributed by atoms with Gasteiger partial charge in [-0.05, 0) is 25.0 Å². The van der Waals surface area contributed by atoms with Gasteiger partial charge in [0.05, 0.1) is 0 Å². The third kappa shape index (κ3) is 3.18. The van der Waals surface area contributed by atoms with Gasteiger partial charge in [0.1, 0.15) is 0 Å². The highest BCUT2D eigenvalue weighted by molar-refractivity contribution is 7.99. The maximum atomic E-state index is 3.77. The van der Waals surface area contributed by atoms with Gasteiger partial charge in [0.2, 0.25) is 0 Å². The summed E-state index contributed by atoms with van der Waals surface area (Å²) in [6.45, 7) is 8.39. The van der Waals surface area contributed by atoms with E-state index in [0.29, 0.717) is 5.54 Å². The lowest BCUT2D eigenvalue weighted by molar-refractivity contribution is 0.0484. The Bertz CT molecular complexity index is 226. The molecule has 1 aliphatic heterocycles. The fourth-order valence-electron chi connectivity index (χ4n) is 3.42. The zero-order valence-corrected chi connectivity index (χ0v) is 12.3. The van der Waals surface area contributed by atoms with Gasteiger partial charge in [0.15, 0.2) is 0 Å². The molecule has 1 aliphatic carbocycles. The van der Waals surface area contributed by atoms with E-state index in [1.807, 2.05) is 0 Å². The first-order chi connectivity index (χ1) is 8.30. The van der Waals surface area contributed by atoms with E-state index in [4.69, 9.17) is 0 Å². The Balaban J connectivity index is 1.93. The normalized spacial score (nSPS) is 28.9. The molecule has 2 rings (SSSR count). The van der Waals surface area contributed by atoms with Gasteiger partial charge < -0.3 is 5.32 Å². The first-order valence-corrected chi connectivity index (χ1v) is 8.52. The highest BCUT2D eigenvalue weighted by atomic mass is 32.2. The minimum Gasteiger partial charge on any atom is -0.311 e. The molecule has 1 spiro atoms. The Morgan fingerprint density at radius 3 is 2.71 bits per heavy atom. The van der Waals surface area contributed by atoms with Crippen molar-refractivity contribution in [2.24, 2.45) is 0 Å². The molecule has 1 heterocycles. The molecule has 0 amide bonds. The fourth-order valence-corrected chi connectivity index (χ4v) is 4.06. The second kappa shape index (κ2) is 6.44. The molecule has 1 N–H and O–H groups in total. The minimum absolute atomic E-state index is 0.528. The summed E-state index contributed by atoms with van der Waals surface area (Å²) in [7, 11) is 0. The number of nitrogens with zero attached hydrogens (tertiary/aromatic N) is 1. The third-order valence-electron chi connectivity index (χ3n) is 4.57. The third-order valence-corrected chi connectivity index (χ3v) is 5.45. The molecule has 2 nitrogen and oxygen atoms in total. The van der Waals surface area contributed by atoms with E-state index in [0.717, 1.165) is 6.04 Å². The molecule has 2 aliphatic rings. The van der Waals surface area contributed by atoms with Gasteiger partial charge in [0.25, 0.3) is 0 Å². The van der Waals surface area contributed by atoms with E-state index < -0.39 is 0 Å². The molecule has 0 radical (unpaired) electrons. The van der Waals surface area contributed by atoms with E-state index in [-0.39, 0.29) is 0 Å². The van der Waals surface area contributed by atoms with Gasteiger partial charge >= 0.3 is 0 Å². The summed E-state index contributed by atoms with van der Waals surface area (Å²) in [6.07, 6.45) is 7.00. The Labute approximate surface area is 111 Å². The topological polar surface area (TPSA) is 15.3 Å².